The molecule has 20 heavy (non-hydrogen) atoms. The molecule has 0 amide bonds. The summed E-state index contributed by atoms with van der Waals surface area (Å²) in [5.41, 5.74) is 3.04. The van der Waals surface area contributed by atoms with E-state index >= 15 is 0 Å². The lowest BCUT2D eigenvalue weighted by Gasteiger charge is -2.24. The van der Waals surface area contributed by atoms with Gasteiger partial charge in [0.05, 0.1) is 5.69 Å². The maximum Gasteiger partial charge on any atom is 0.139 e. The van der Waals surface area contributed by atoms with E-state index in [0.29, 0.717) is 13.1 Å². The highest BCUT2D eigenvalue weighted by molar-refractivity contribution is 5.62. The van der Waals surface area contributed by atoms with Gasteiger partial charge in [0.15, 0.2) is 0 Å². The highest BCUT2D eigenvalue weighted by atomic mass is 16.3. The number of aromatic hydroxyl groups is 1. The van der Waals surface area contributed by atoms with Gasteiger partial charge in [-0.15, -0.1) is 26.3 Å². The minimum absolute atomic E-state index is 0.276. The van der Waals surface area contributed by atoms with Crippen molar-refractivity contribution in [3.8, 4) is 5.75 Å². The lowest BCUT2D eigenvalue weighted by atomic mass is 9.99. The zero-order chi connectivity index (χ0) is 15.0. The van der Waals surface area contributed by atoms with Crippen molar-refractivity contribution in [3.63, 3.8) is 0 Å². The maximum atomic E-state index is 10.3. The average molecular weight is 269 g/mol. The Morgan fingerprint density at radius 1 is 0.850 bits per heavy atom. The molecule has 1 rings (SSSR count). The summed E-state index contributed by atoms with van der Waals surface area (Å²) in [6, 6.07) is 3.83. The van der Waals surface area contributed by atoms with Crippen LogP contribution in [0.3, 0.4) is 0 Å². The lowest BCUT2D eigenvalue weighted by Crippen LogP contribution is -2.23. The van der Waals surface area contributed by atoms with Gasteiger partial charge in [-0.25, -0.2) is 0 Å². The fraction of sp³-hybridized carbons (Fsp3) is 0.222. The molecule has 0 radical (unpaired) electrons. The molecule has 1 aromatic carbocycles. The Kier molecular flexibility index (Phi) is 6.38. The van der Waals surface area contributed by atoms with Crippen LogP contribution in [0.25, 0.3) is 0 Å². The van der Waals surface area contributed by atoms with Crippen LogP contribution in [0.1, 0.15) is 11.1 Å². The molecular weight excluding hydrogens is 246 g/mol. The molecule has 0 aliphatic carbocycles. The molecule has 0 saturated carbocycles. The predicted molar refractivity (Wildman–Crippen MR) is 88.5 cm³/mol. The number of benzene rings is 1. The second-order valence-corrected chi connectivity index (χ2v) is 4.58. The van der Waals surface area contributed by atoms with E-state index in [9.17, 15) is 5.11 Å². The molecule has 0 bridgehead atoms. The van der Waals surface area contributed by atoms with Crippen molar-refractivity contribution in [3.05, 3.63) is 73.9 Å². The second kappa shape index (κ2) is 8.05. The summed E-state index contributed by atoms with van der Waals surface area (Å²) in [5, 5.41) is 10.3. The first-order valence-electron chi connectivity index (χ1n) is 6.71. The molecule has 0 saturated heterocycles. The molecule has 2 nitrogen and oxygen atoms in total. The van der Waals surface area contributed by atoms with Crippen LogP contribution < -0.4 is 4.90 Å². The molecular formula is C18H23NO. The molecule has 0 aliphatic heterocycles. The van der Waals surface area contributed by atoms with Crippen molar-refractivity contribution >= 4 is 5.69 Å². The molecule has 106 valence electrons. The molecule has 0 aliphatic rings. The van der Waals surface area contributed by atoms with Gasteiger partial charge < -0.3 is 10.0 Å². The SMILES string of the molecule is C=CCc1cc(O)c(N(CC=C)CC=C)cc1CC=C. The van der Waals surface area contributed by atoms with Gasteiger partial charge in [-0.3, -0.25) is 0 Å². The van der Waals surface area contributed by atoms with E-state index in [1.54, 1.807) is 0 Å². The summed E-state index contributed by atoms with van der Waals surface area (Å²) >= 11 is 0. The van der Waals surface area contributed by atoms with Gasteiger partial charge in [0.25, 0.3) is 0 Å². The standard InChI is InChI=1S/C18H23NO/c1-5-9-15-13-17(19(11-7-3)12-8-4)18(20)14-16(15)10-6-2/h5-8,13-14,20H,1-4,9-12H2. The Morgan fingerprint density at radius 3 is 1.80 bits per heavy atom. The average Bonchev–Trinajstić information content (AvgIpc) is 2.42. The summed E-state index contributed by atoms with van der Waals surface area (Å²) in [4.78, 5) is 2.03. The molecule has 2 heteroatoms. The molecule has 0 spiro atoms. The first-order valence-corrected chi connectivity index (χ1v) is 6.71. The highest BCUT2D eigenvalue weighted by Crippen LogP contribution is 2.31. The van der Waals surface area contributed by atoms with Crippen molar-refractivity contribution in [2.24, 2.45) is 0 Å². The van der Waals surface area contributed by atoms with Crippen LogP contribution >= 0.6 is 0 Å². The number of hydrogen-bond donors (Lipinski definition) is 1. The fourth-order valence-electron chi connectivity index (χ4n) is 2.19. The minimum Gasteiger partial charge on any atom is -0.506 e. The Balaban J connectivity index is 3.26. The fourth-order valence-corrected chi connectivity index (χ4v) is 2.19. The second-order valence-electron chi connectivity index (χ2n) is 4.58. The van der Waals surface area contributed by atoms with E-state index in [4.69, 9.17) is 0 Å². The molecule has 0 fully saturated rings. The first-order chi connectivity index (χ1) is 9.67. The smallest absolute Gasteiger partial charge is 0.139 e. The van der Waals surface area contributed by atoms with E-state index < -0.39 is 0 Å². The van der Waals surface area contributed by atoms with Crippen molar-refractivity contribution in [2.75, 3.05) is 18.0 Å². The third kappa shape index (κ3) is 3.89. The monoisotopic (exact) mass is 269 g/mol. The number of nitrogens with zero attached hydrogens (tertiary/aromatic N) is 1. The van der Waals surface area contributed by atoms with Gasteiger partial charge in [-0.1, -0.05) is 24.3 Å². The summed E-state index contributed by atoms with van der Waals surface area (Å²) in [6.45, 7) is 16.4. The van der Waals surface area contributed by atoms with Crippen molar-refractivity contribution in [1.82, 2.24) is 0 Å². The van der Waals surface area contributed by atoms with Crippen LogP contribution in [0.5, 0.6) is 5.75 Å². The topological polar surface area (TPSA) is 23.5 Å². The predicted octanol–water partition coefficient (Wildman–Crippen LogP) is 4.03. The van der Waals surface area contributed by atoms with Gasteiger partial charge in [0.2, 0.25) is 0 Å². The van der Waals surface area contributed by atoms with Gasteiger partial charge in [0.1, 0.15) is 5.75 Å². The van der Waals surface area contributed by atoms with Gasteiger partial charge in [0, 0.05) is 13.1 Å². The summed E-state index contributed by atoms with van der Waals surface area (Å²) in [5.74, 6) is 0.276. The first kappa shape index (κ1) is 15.8. The largest absolute Gasteiger partial charge is 0.506 e. The van der Waals surface area contributed by atoms with E-state index in [1.807, 2.05) is 41.3 Å². The van der Waals surface area contributed by atoms with Crippen molar-refractivity contribution in [1.29, 1.82) is 0 Å². The Labute approximate surface area is 122 Å². The van der Waals surface area contributed by atoms with E-state index in [1.165, 1.54) is 0 Å². The number of rotatable bonds is 9. The number of phenolic OH excluding ortho intramolecular Hbond substituents is 1. The Hall–Kier alpha value is -2.22. The lowest BCUT2D eigenvalue weighted by molar-refractivity contribution is 0.474. The molecule has 1 aromatic rings. The number of allylic oxidation sites excluding steroid dienone is 2. The van der Waals surface area contributed by atoms with Crippen LogP contribution in [0, 0.1) is 0 Å². The summed E-state index contributed by atoms with van der Waals surface area (Å²) in [7, 11) is 0. The van der Waals surface area contributed by atoms with Crippen LogP contribution in [0.15, 0.2) is 62.8 Å². The highest BCUT2D eigenvalue weighted by Gasteiger charge is 2.12. The number of anilines is 1. The van der Waals surface area contributed by atoms with Crippen molar-refractivity contribution < 1.29 is 5.11 Å². The van der Waals surface area contributed by atoms with Crippen LogP contribution in [0.2, 0.25) is 0 Å². The van der Waals surface area contributed by atoms with Crippen molar-refractivity contribution in [2.45, 2.75) is 12.8 Å². The molecule has 0 aromatic heterocycles. The minimum atomic E-state index is 0.276. The Morgan fingerprint density at radius 2 is 1.35 bits per heavy atom. The quantitative estimate of drug-likeness (QED) is 0.684. The van der Waals surface area contributed by atoms with E-state index in [0.717, 1.165) is 29.7 Å². The van der Waals surface area contributed by atoms with Gasteiger partial charge in [-0.2, -0.15) is 0 Å². The number of hydrogen-bond acceptors (Lipinski definition) is 2. The summed E-state index contributed by atoms with van der Waals surface area (Å²) < 4.78 is 0. The van der Waals surface area contributed by atoms with Crippen LogP contribution in [0.4, 0.5) is 5.69 Å². The maximum absolute atomic E-state index is 10.3. The zero-order valence-electron chi connectivity index (χ0n) is 12.0. The van der Waals surface area contributed by atoms with Crippen LogP contribution in [-0.2, 0) is 12.8 Å². The van der Waals surface area contributed by atoms with Crippen LogP contribution in [-0.4, -0.2) is 18.2 Å². The van der Waals surface area contributed by atoms with Gasteiger partial charge in [-0.05, 0) is 36.1 Å². The van der Waals surface area contributed by atoms with E-state index in [-0.39, 0.29) is 5.75 Å². The van der Waals surface area contributed by atoms with E-state index in [2.05, 4.69) is 26.3 Å². The molecule has 0 unspecified atom stereocenters. The third-order valence-corrected chi connectivity index (χ3v) is 3.06. The number of phenols is 1. The molecule has 0 heterocycles. The third-order valence-electron chi connectivity index (χ3n) is 3.06. The zero-order valence-corrected chi connectivity index (χ0v) is 12.0. The molecule has 1 N–H and O–H groups in total. The Bertz CT molecular complexity index is 492. The van der Waals surface area contributed by atoms with Gasteiger partial charge >= 0.3 is 0 Å². The summed E-state index contributed by atoms with van der Waals surface area (Å²) in [6.07, 6.45) is 8.84. The molecule has 0 atom stereocenters. The normalized spacial score (nSPS) is 9.80.